The van der Waals surface area contributed by atoms with Crippen LogP contribution in [0.4, 0.5) is 5.82 Å². The molecule has 6 heteroatoms. The fraction of sp³-hybridized carbons (Fsp3) is 0.455. The number of pyridine rings is 1. The minimum absolute atomic E-state index is 0.558. The maximum Gasteiger partial charge on any atom is 0.128 e. The molecule has 0 aliphatic carbocycles. The van der Waals surface area contributed by atoms with Crippen LogP contribution in [0.3, 0.4) is 0 Å². The van der Waals surface area contributed by atoms with E-state index in [0.717, 1.165) is 32.0 Å². The highest BCUT2D eigenvalue weighted by Crippen LogP contribution is 2.15. The number of hydrogen-bond donors (Lipinski definition) is 1. The van der Waals surface area contributed by atoms with Crippen LogP contribution in [0.2, 0.25) is 5.02 Å². The monoisotopic (exact) mass is 270 g/mol. The van der Waals surface area contributed by atoms with Gasteiger partial charge in [0.1, 0.15) is 5.82 Å². The van der Waals surface area contributed by atoms with Crippen molar-refractivity contribution < 1.29 is 0 Å². The van der Waals surface area contributed by atoms with E-state index < -0.39 is 0 Å². The molecule has 0 unspecified atom stereocenters. The molecule has 1 fully saturated rings. The van der Waals surface area contributed by atoms with E-state index in [9.17, 15) is 0 Å². The third-order valence-electron chi connectivity index (χ3n) is 2.79. The Balaban J connectivity index is 1.90. The van der Waals surface area contributed by atoms with Gasteiger partial charge in [0.15, 0.2) is 0 Å². The largest absolute Gasteiger partial charge is 0.392 e. The summed E-state index contributed by atoms with van der Waals surface area (Å²) in [6, 6.07) is 3.82. The number of thiocarbonyl (C=S) groups is 1. The highest BCUT2D eigenvalue weighted by atomic mass is 35.5. The molecular formula is C11H15ClN4S. The highest BCUT2D eigenvalue weighted by Gasteiger charge is 2.17. The lowest BCUT2D eigenvalue weighted by atomic mass is 10.3. The van der Waals surface area contributed by atoms with Crippen LogP contribution >= 0.6 is 23.8 Å². The van der Waals surface area contributed by atoms with Gasteiger partial charge in [-0.1, -0.05) is 23.8 Å². The topological polar surface area (TPSA) is 45.4 Å². The number of nitrogens with zero attached hydrogens (tertiary/aromatic N) is 3. The third kappa shape index (κ3) is 3.52. The molecule has 0 saturated carbocycles. The Kier molecular flexibility index (Phi) is 4.15. The van der Waals surface area contributed by atoms with Gasteiger partial charge < -0.3 is 10.6 Å². The summed E-state index contributed by atoms with van der Waals surface area (Å²) >= 11 is 10.7. The lowest BCUT2D eigenvalue weighted by Gasteiger charge is -2.35. The van der Waals surface area contributed by atoms with Crippen molar-refractivity contribution in [3.8, 4) is 0 Å². The molecule has 0 aromatic carbocycles. The Morgan fingerprint density at radius 1 is 1.35 bits per heavy atom. The van der Waals surface area contributed by atoms with Crippen molar-refractivity contribution in [1.82, 2.24) is 9.88 Å². The molecule has 0 atom stereocenters. The van der Waals surface area contributed by atoms with E-state index in [1.807, 2.05) is 12.1 Å². The second-order valence-corrected chi connectivity index (χ2v) is 5.02. The third-order valence-corrected chi connectivity index (χ3v) is 3.14. The number of hydrogen-bond acceptors (Lipinski definition) is 4. The maximum absolute atomic E-state index is 5.81. The van der Waals surface area contributed by atoms with Crippen LogP contribution in [0.5, 0.6) is 0 Å². The Morgan fingerprint density at radius 3 is 2.59 bits per heavy atom. The summed E-state index contributed by atoms with van der Waals surface area (Å²) in [6.07, 6.45) is 1.68. The highest BCUT2D eigenvalue weighted by molar-refractivity contribution is 7.80. The van der Waals surface area contributed by atoms with E-state index >= 15 is 0 Å². The molecule has 92 valence electrons. The zero-order valence-electron chi connectivity index (χ0n) is 9.47. The molecule has 1 aliphatic heterocycles. The molecule has 1 aliphatic rings. The average Bonchev–Trinajstić information content (AvgIpc) is 2.30. The van der Waals surface area contributed by atoms with Gasteiger partial charge in [-0.05, 0) is 12.1 Å². The summed E-state index contributed by atoms with van der Waals surface area (Å²) in [7, 11) is 0. The quantitative estimate of drug-likeness (QED) is 0.835. The molecule has 1 aromatic rings. The number of nitrogens with two attached hydrogens (primary N) is 1. The molecule has 0 radical (unpaired) electrons. The van der Waals surface area contributed by atoms with Crippen LogP contribution in [0.1, 0.15) is 0 Å². The smallest absolute Gasteiger partial charge is 0.128 e. The van der Waals surface area contributed by atoms with E-state index in [2.05, 4.69) is 14.8 Å². The summed E-state index contributed by atoms with van der Waals surface area (Å²) in [5.41, 5.74) is 5.53. The van der Waals surface area contributed by atoms with Gasteiger partial charge in [-0.25, -0.2) is 4.98 Å². The van der Waals surface area contributed by atoms with Gasteiger partial charge in [0, 0.05) is 38.9 Å². The normalized spacial score (nSPS) is 17.1. The van der Waals surface area contributed by atoms with E-state index in [4.69, 9.17) is 29.6 Å². The SMILES string of the molecule is NC(=S)CN1CCN(c2ccc(Cl)cn2)CC1. The molecule has 0 amide bonds. The van der Waals surface area contributed by atoms with Crippen molar-refractivity contribution >= 4 is 34.6 Å². The van der Waals surface area contributed by atoms with Gasteiger partial charge in [0.2, 0.25) is 0 Å². The minimum Gasteiger partial charge on any atom is -0.392 e. The Labute approximate surface area is 111 Å². The van der Waals surface area contributed by atoms with Gasteiger partial charge >= 0.3 is 0 Å². The van der Waals surface area contributed by atoms with Gasteiger partial charge in [-0.2, -0.15) is 0 Å². The standard InChI is InChI=1S/C11H15ClN4S/c12-9-1-2-11(14-7-9)16-5-3-15(4-6-16)8-10(13)17/h1-2,7H,3-6,8H2,(H2,13,17). The summed E-state index contributed by atoms with van der Waals surface area (Å²) in [5, 5.41) is 0.667. The minimum atomic E-state index is 0.558. The van der Waals surface area contributed by atoms with Crippen LogP contribution in [0.25, 0.3) is 0 Å². The predicted molar refractivity (Wildman–Crippen MR) is 74.7 cm³/mol. The number of rotatable bonds is 3. The first kappa shape index (κ1) is 12.5. The van der Waals surface area contributed by atoms with Gasteiger partial charge in [0.25, 0.3) is 0 Å². The molecular weight excluding hydrogens is 256 g/mol. The van der Waals surface area contributed by atoms with Crippen LogP contribution in [-0.4, -0.2) is 47.6 Å². The van der Waals surface area contributed by atoms with Crippen LogP contribution in [0, 0.1) is 0 Å². The van der Waals surface area contributed by atoms with Crippen molar-refractivity contribution in [2.45, 2.75) is 0 Å². The number of halogens is 1. The van der Waals surface area contributed by atoms with Crippen molar-refractivity contribution in [2.75, 3.05) is 37.6 Å². The maximum atomic E-state index is 5.81. The molecule has 1 aromatic heterocycles. The van der Waals surface area contributed by atoms with E-state index in [0.29, 0.717) is 16.6 Å². The fourth-order valence-electron chi connectivity index (χ4n) is 1.91. The molecule has 2 N–H and O–H groups in total. The second-order valence-electron chi connectivity index (χ2n) is 4.06. The van der Waals surface area contributed by atoms with E-state index in [1.54, 1.807) is 6.20 Å². The number of aromatic nitrogens is 1. The van der Waals surface area contributed by atoms with Gasteiger partial charge in [-0.3, -0.25) is 4.90 Å². The molecule has 1 saturated heterocycles. The van der Waals surface area contributed by atoms with Crippen LogP contribution in [0.15, 0.2) is 18.3 Å². The summed E-state index contributed by atoms with van der Waals surface area (Å²) in [5.74, 6) is 0.976. The zero-order valence-corrected chi connectivity index (χ0v) is 11.0. The first-order chi connectivity index (χ1) is 8.15. The van der Waals surface area contributed by atoms with Gasteiger partial charge in [-0.15, -0.1) is 0 Å². The molecule has 17 heavy (non-hydrogen) atoms. The summed E-state index contributed by atoms with van der Waals surface area (Å²) in [6.45, 7) is 4.51. The lowest BCUT2D eigenvalue weighted by Crippen LogP contribution is -2.48. The van der Waals surface area contributed by atoms with Gasteiger partial charge in [0.05, 0.1) is 10.0 Å². The molecule has 0 spiro atoms. The van der Waals surface area contributed by atoms with Crippen molar-refractivity contribution in [1.29, 1.82) is 0 Å². The van der Waals surface area contributed by atoms with E-state index in [-0.39, 0.29) is 0 Å². The number of piperazine rings is 1. The first-order valence-corrected chi connectivity index (χ1v) is 6.31. The van der Waals surface area contributed by atoms with Crippen molar-refractivity contribution in [3.05, 3.63) is 23.4 Å². The molecule has 2 rings (SSSR count). The van der Waals surface area contributed by atoms with Crippen molar-refractivity contribution in [3.63, 3.8) is 0 Å². The van der Waals surface area contributed by atoms with Crippen LogP contribution in [-0.2, 0) is 0 Å². The van der Waals surface area contributed by atoms with Crippen molar-refractivity contribution in [2.24, 2.45) is 5.73 Å². The Bertz CT molecular complexity index is 387. The molecule has 4 nitrogen and oxygen atoms in total. The zero-order chi connectivity index (χ0) is 12.3. The number of anilines is 1. The van der Waals surface area contributed by atoms with Crippen LogP contribution < -0.4 is 10.6 Å². The predicted octanol–water partition coefficient (Wildman–Crippen LogP) is 1.14. The average molecular weight is 271 g/mol. The van der Waals surface area contributed by atoms with E-state index in [1.165, 1.54) is 0 Å². The Morgan fingerprint density at radius 2 is 2.06 bits per heavy atom. The second kappa shape index (κ2) is 5.62. The lowest BCUT2D eigenvalue weighted by molar-refractivity contribution is 0.291. The summed E-state index contributed by atoms with van der Waals surface area (Å²) < 4.78 is 0. The Hall–Kier alpha value is -0.910. The molecule has 0 bridgehead atoms. The molecule has 2 heterocycles. The fourth-order valence-corrected chi connectivity index (χ4v) is 2.20. The summed E-state index contributed by atoms with van der Waals surface area (Å²) in [4.78, 5) is 9.37. The first-order valence-electron chi connectivity index (χ1n) is 5.52.